The summed E-state index contributed by atoms with van der Waals surface area (Å²) >= 11 is 0. The van der Waals surface area contributed by atoms with E-state index in [1.807, 2.05) is 41.2 Å². The molecule has 0 saturated carbocycles. The summed E-state index contributed by atoms with van der Waals surface area (Å²) in [4.78, 5) is 0. The molecule has 0 aliphatic carbocycles. The van der Waals surface area contributed by atoms with Gasteiger partial charge >= 0.3 is 0 Å². The zero-order valence-corrected chi connectivity index (χ0v) is 9.51. The first-order chi connectivity index (χ1) is 8.83. The molecule has 2 N–H and O–H groups in total. The maximum absolute atomic E-state index is 5.62. The van der Waals surface area contributed by atoms with Gasteiger partial charge < -0.3 is 5.73 Å². The Morgan fingerprint density at radius 3 is 2.72 bits per heavy atom. The van der Waals surface area contributed by atoms with E-state index in [1.54, 1.807) is 6.20 Å². The highest BCUT2D eigenvalue weighted by Crippen LogP contribution is 2.09. The first-order valence-corrected chi connectivity index (χ1v) is 5.43. The minimum absolute atomic E-state index is 0.245. The van der Waals surface area contributed by atoms with Crippen LogP contribution in [0.2, 0.25) is 0 Å². The van der Waals surface area contributed by atoms with Crippen LogP contribution >= 0.6 is 0 Å². The van der Waals surface area contributed by atoms with Gasteiger partial charge in [-0.3, -0.25) is 4.68 Å². The largest absolute Gasteiger partial charge is 0.366 e. The Hall–Kier alpha value is -2.70. The van der Waals surface area contributed by atoms with Crippen LogP contribution in [0.4, 0.5) is 5.95 Å². The molecule has 2 aromatic heterocycles. The predicted molar refractivity (Wildman–Crippen MR) is 64.9 cm³/mol. The van der Waals surface area contributed by atoms with Crippen LogP contribution in [0, 0.1) is 0 Å². The van der Waals surface area contributed by atoms with Crippen LogP contribution < -0.4 is 5.73 Å². The lowest BCUT2D eigenvalue weighted by molar-refractivity contribution is 0.685. The maximum atomic E-state index is 5.62. The molecule has 0 fully saturated rings. The average molecular weight is 241 g/mol. The van der Waals surface area contributed by atoms with Gasteiger partial charge in [0.25, 0.3) is 0 Å². The zero-order chi connectivity index (χ0) is 12.4. The molecule has 0 unspecified atom stereocenters. The van der Waals surface area contributed by atoms with Crippen molar-refractivity contribution in [2.45, 2.75) is 6.54 Å². The van der Waals surface area contributed by atoms with E-state index in [0.29, 0.717) is 6.54 Å². The van der Waals surface area contributed by atoms with E-state index >= 15 is 0 Å². The van der Waals surface area contributed by atoms with Gasteiger partial charge in [0.2, 0.25) is 5.95 Å². The summed E-state index contributed by atoms with van der Waals surface area (Å²) in [6, 6.07) is 10.1. The number of anilines is 1. The molecule has 90 valence electrons. The Morgan fingerprint density at radius 2 is 2.00 bits per heavy atom. The Balaban J connectivity index is 1.84. The number of hydrogen-bond donors (Lipinski definition) is 1. The van der Waals surface area contributed by atoms with Crippen LogP contribution in [0.3, 0.4) is 0 Å². The SMILES string of the molecule is Nc1nnnn1-c1cnn(Cc2ccccc2)c1. The third-order valence-corrected chi connectivity index (χ3v) is 2.55. The molecule has 3 rings (SSSR count). The number of nitrogens with two attached hydrogens (primary N) is 1. The zero-order valence-electron chi connectivity index (χ0n) is 9.51. The molecule has 7 nitrogen and oxygen atoms in total. The lowest BCUT2D eigenvalue weighted by Gasteiger charge is -2.00. The molecule has 18 heavy (non-hydrogen) atoms. The number of aromatic nitrogens is 6. The maximum Gasteiger partial charge on any atom is 0.245 e. The monoisotopic (exact) mass is 241 g/mol. The number of nitrogens with zero attached hydrogens (tertiary/aromatic N) is 6. The highest BCUT2D eigenvalue weighted by atomic mass is 15.6. The molecule has 7 heteroatoms. The molecule has 0 aliphatic rings. The van der Waals surface area contributed by atoms with Crippen molar-refractivity contribution >= 4 is 5.95 Å². The first-order valence-electron chi connectivity index (χ1n) is 5.43. The summed E-state index contributed by atoms with van der Waals surface area (Å²) < 4.78 is 3.25. The molecular formula is C11H11N7. The molecule has 0 atom stereocenters. The molecular weight excluding hydrogens is 230 g/mol. The minimum atomic E-state index is 0.245. The van der Waals surface area contributed by atoms with Gasteiger partial charge in [0.1, 0.15) is 5.69 Å². The van der Waals surface area contributed by atoms with E-state index in [2.05, 4.69) is 20.6 Å². The smallest absolute Gasteiger partial charge is 0.245 e. The molecule has 1 aromatic carbocycles. The fourth-order valence-corrected chi connectivity index (χ4v) is 1.70. The van der Waals surface area contributed by atoms with E-state index in [-0.39, 0.29) is 5.95 Å². The summed E-state index contributed by atoms with van der Waals surface area (Å²) in [5.74, 6) is 0.245. The second-order valence-corrected chi connectivity index (χ2v) is 3.83. The normalized spacial score (nSPS) is 10.7. The number of hydrogen-bond acceptors (Lipinski definition) is 5. The molecule has 0 bridgehead atoms. The Kier molecular flexibility index (Phi) is 2.49. The van der Waals surface area contributed by atoms with Gasteiger partial charge in [-0.1, -0.05) is 35.4 Å². The lowest BCUT2D eigenvalue weighted by Crippen LogP contribution is -2.02. The van der Waals surface area contributed by atoms with Gasteiger partial charge in [0, 0.05) is 0 Å². The van der Waals surface area contributed by atoms with E-state index in [9.17, 15) is 0 Å². The summed E-state index contributed by atoms with van der Waals surface area (Å²) in [6.45, 7) is 0.697. The molecule has 2 heterocycles. The summed E-state index contributed by atoms with van der Waals surface area (Å²) in [6.07, 6.45) is 3.52. The molecule has 0 aliphatic heterocycles. The van der Waals surface area contributed by atoms with Gasteiger partial charge in [0.05, 0.1) is 18.9 Å². The molecule has 0 amide bonds. The van der Waals surface area contributed by atoms with Crippen molar-refractivity contribution in [1.82, 2.24) is 30.0 Å². The lowest BCUT2D eigenvalue weighted by atomic mass is 10.2. The Morgan fingerprint density at radius 1 is 1.17 bits per heavy atom. The van der Waals surface area contributed by atoms with Crippen molar-refractivity contribution in [3.8, 4) is 5.69 Å². The highest BCUT2D eigenvalue weighted by Gasteiger charge is 2.06. The average Bonchev–Trinajstić information content (AvgIpc) is 2.99. The molecule has 0 spiro atoms. The van der Waals surface area contributed by atoms with Crippen LogP contribution in [0.1, 0.15) is 5.56 Å². The van der Waals surface area contributed by atoms with Gasteiger partial charge in [-0.05, 0) is 16.0 Å². The second kappa shape index (κ2) is 4.28. The van der Waals surface area contributed by atoms with Crippen LogP contribution in [0.5, 0.6) is 0 Å². The Labute approximate surface area is 103 Å². The number of tetrazole rings is 1. The number of rotatable bonds is 3. The third-order valence-electron chi connectivity index (χ3n) is 2.55. The predicted octanol–water partition coefficient (Wildman–Crippen LogP) is 0.489. The van der Waals surface area contributed by atoms with Gasteiger partial charge in [-0.15, -0.1) is 0 Å². The second-order valence-electron chi connectivity index (χ2n) is 3.83. The fraction of sp³-hybridized carbons (Fsp3) is 0.0909. The van der Waals surface area contributed by atoms with Gasteiger partial charge in [-0.2, -0.15) is 9.78 Å². The summed E-state index contributed by atoms with van der Waals surface area (Å²) in [7, 11) is 0. The van der Waals surface area contributed by atoms with Crippen LogP contribution in [-0.2, 0) is 6.54 Å². The minimum Gasteiger partial charge on any atom is -0.366 e. The molecule has 0 radical (unpaired) electrons. The quantitative estimate of drug-likeness (QED) is 0.721. The van der Waals surface area contributed by atoms with Crippen LogP contribution in [0.15, 0.2) is 42.7 Å². The fourth-order valence-electron chi connectivity index (χ4n) is 1.70. The van der Waals surface area contributed by atoms with E-state index in [1.165, 1.54) is 10.2 Å². The highest BCUT2D eigenvalue weighted by molar-refractivity contribution is 5.31. The molecule has 3 aromatic rings. The van der Waals surface area contributed by atoms with E-state index < -0.39 is 0 Å². The molecule has 0 saturated heterocycles. The van der Waals surface area contributed by atoms with Crippen molar-refractivity contribution in [2.24, 2.45) is 0 Å². The van der Waals surface area contributed by atoms with E-state index in [4.69, 9.17) is 5.73 Å². The third kappa shape index (κ3) is 1.93. The van der Waals surface area contributed by atoms with Gasteiger partial charge in [-0.25, -0.2) is 0 Å². The number of nitrogen functional groups attached to an aromatic ring is 1. The van der Waals surface area contributed by atoms with Gasteiger partial charge in [0.15, 0.2) is 0 Å². The van der Waals surface area contributed by atoms with Crippen LogP contribution in [-0.4, -0.2) is 30.0 Å². The first kappa shape index (κ1) is 10.5. The van der Waals surface area contributed by atoms with Crippen LogP contribution in [0.25, 0.3) is 5.69 Å². The van der Waals surface area contributed by atoms with Crippen molar-refractivity contribution in [2.75, 3.05) is 5.73 Å². The summed E-state index contributed by atoms with van der Waals surface area (Å²) in [5, 5.41) is 15.2. The van der Waals surface area contributed by atoms with E-state index in [0.717, 1.165) is 5.69 Å². The topological polar surface area (TPSA) is 87.4 Å². The van der Waals surface area contributed by atoms with Crippen molar-refractivity contribution in [3.05, 3.63) is 48.3 Å². The Bertz CT molecular complexity index is 640. The number of benzene rings is 1. The standard InChI is InChI=1S/C11H11N7/c12-11-14-15-16-18(11)10-6-13-17(8-10)7-9-4-2-1-3-5-9/h1-6,8H,7H2,(H2,12,14,16). The van der Waals surface area contributed by atoms with Crippen molar-refractivity contribution in [1.29, 1.82) is 0 Å². The summed E-state index contributed by atoms with van der Waals surface area (Å²) in [5.41, 5.74) is 7.55. The van der Waals surface area contributed by atoms with Crippen molar-refractivity contribution in [3.63, 3.8) is 0 Å². The van der Waals surface area contributed by atoms with Crippen molar-refractivity contribution < 1.29 is 0 Å².